The maximum absolute atomic E-state index is 13.8. The molecule has 30 heavy (non-hydrogen) atoms. The number of hydrogen-bond donors (Lipinski definition) is 1. The molecular formula is C23H15FN2O4. The van der Waals surface area contributed by atoms with Gasteiger partial charge in [-0.05, 0) is 54.4 Å². The smallest absolute Gasteiger partial charge is 0.296 e. The molecule has 7 heteroatoms. The van der Waals surface area contributed by atoms with E-state index < -0.39 is 23.2 Å². The summed E-state index contributed by atoms with van der Waals surface area (Å²) in [6.07, 6.45) is 1.62. The number of carbonyl (C=O) groups excluding carboxylic acids is 1. The first-order valence-corrected chi connectivity index (χ1v) is 9.25. The number of nitrogens with zero attached hydrogens (tertiary/aromatic N) is 2. The molecule has 4 aromatic rings. The lowest BCUT2D eigenvalue weighted by Gasteiger charge is -2.24. The van der Waals surface area contributed by atoms with Crippen molar-refractivity contribution in [3.05, 3.63) is 99.3 Å². The SMILES string of the molecule is Cc1ccc(N2C(=O)c3oc4ccc(F)cc4c(=O)c3C2c2cccc(O)c2)nc1. The average molecular weight is 402 g/mol. The molecule has 1 aliphatic rings. The zero-order valence-electron chi connectivity index (χ0n) is 15.8. The molecule has 5 rings (SSSR count). The van der Waals surface area contributed by atoms with E-state index in [1.54, 1.807) is 30.5 Å². The van der Waals surface area contributed by atoms with Crippen LogP contribution in [-0.4, -0.2) is 16.0 Å². The summed E-state index contributed by atoms with van der Waals surface area (Å²) in [5, 5.41) is 10.0. The van der Waals surface area contributed by atoms with Crippen LogP contribution >= 0.6 is 0 Å². The van der Waals surface area contributed by atoms with Gasteiger partial charge in [0.2, 0.25) is 5.76 Å². The number of fused-ring (bicyclic) bond motifs is 2. The van der Waals surface area contributed by atoms with Crippen molar-refractivity contribution in [3.8, 4) is 5.75 Å². The number of carbonyl (C=O) groups is 1. The third kappa shape index (κ3) is 2.67. The van der Waals surface area contributed by atoms with Crippen LogP contribution in [0.3, 0.4) is 0 Å². The Kier molecular flexibility index (Phi) is 3.92. The van der Waals surface area contributed by atoms with E-state index in [1.165, 1.54) is 29.2 Å². The number of aromatic hydroxyl groups is 1. The largest absolute Gasteiger partial charge is 0.508 e. The highest BCUT2D eigenvalue weighted by atomic mass is 19.1. The fourth-order valence-corrected chi connectivity index (χ4v) is 3.79. The number of anilines is 1. The van der Waals surface area contributed by atoms with Gasteiger partial charge in [0, 0.05) is 6.20 Å². The molecule has 0 spiro atoms. The van der Waals surface area contributed by atoms with E-state index in [0.717, 1.165) is 11.6 Å². The van der Waals surface area contributed by atoms with E-state index in [-0.39, 0.29) is 28.0 Å². The fourth-order valence-electron chi connectivity index (χ4n) is 3.79. The van der Waals surface area contributed by atoms with E-state index in [4.69, 9.17) is 4.42 Å². The van der Waals surface area contributed by atoms with Gasteiger partial charge in [-0.2, -0.15) is 0 Å². The molecule has 148 valence electrons. The number of halogens is 1. The lowest BCUT2D eigenvalue weighted by atomic mass is 9.98. The predicted molar refractivity (Wildman–Crippen MR) is 108 cm³/mol. The third-order valence-electron chi connectivity index (χ3n) is 5.16. The summed E-state index contributed by atoms with van der Waals surface area (Å²) in [6, 6.07) is 12.5. The highest BCUT2D eigenvalue weighted by Crippen LogP contribution is 2.41. The number of pyridine rings is 1. The second kappa shape index (κ2) is 6.52. The number of benzene rings is 2. The van der Waals surface area contributed by atoms with Gasteiger partial charge < -0.3 is 9.52 Å². The van der Waals surface area contributed by atoms with Crippen LogP contribution in [0.4, 0.5) is 10.2 Å². The van der Waals surface area contributed by atoms with Crippen LogP contribution in [0, 0.1) is 12.7 Å². The summed E-state index contributed by atoms with van der Waals surface area (Å²) in [5.74, 6) is -0.903. The van der Waals surface area contributed by atoms with Gasteiger partial charge in [-0.1, -0.05) is 18.2 Å². The molecule has 2 aromatic carbocycles. The molecule has 1 amide bonds. The van der Waals surface area contributed by atoms with Crippen LogP contribution in [0.2, 0.25) is 0 Å². The van der Waals surface area contributed by atoms with E-state index >= 15 is 0 Å². The van der Waals surface area contributed by atoms with Gasteiger partial charge in [-0.3, -0.25) is 14.5 Å². The Hall–Kier alpha value is -4.00. The molecule has 1 atom stereocenters. The monoisotopic (exact) mass is 402 g/mol. The van der Waals surface area contributed by atoms with Crippen molar-refractivity contribution >= 4 is 22.7 Å². The van der Waals surface area contributed by atoms with Crippen LogP contribution in [0.25, 0.3) is 11.0 Å². The number of phenolic OH excluding ortho intramolecular Hbond substituents is 1. The summed E-state index contributed by atoms with van der Waals surface area (Å²) < 4.78 is 19.6. The summed E-state index contributed by atoms with van der Waals surface area (Å²) in [6.45, 7) is 1.87. The van der Waals surface area contributed by atoms with Crippen LogP contribution in [-0.2, 0) is 0 Å². The Morgan fingerprint density at radius 1 is 1.10 bits per heavy atom. The van der Waals surface area contributed by atoms with Gasteiger partial charge in [-0.25, -0.2) is 9.37 Å². The molecule has 6 nitrogen and oxygen atoms in total. The van der Waals surface area contributed by atoms with Crippen molar-refractivity contribution in [1.29, 1.82) is 0 Å². The quantitative estimate of drug-likeness (QED) is 0.546. The topological polar surface area (TPSA) is 83.6 Å². The first-order valence-electron chi connectivity index (χ1n) is 9.25. The molecule has 0 aliphatic carbocycles. The molecule has 0 radical (unpaired) electrons. The normalized spacial score (nSPS) is 15.6. The minimum absolute atomic E-state index is 0.0126. The Labute approximate surface area is 169 Å². The Morgan fingerprint density at radius 3 is 2.67 bits per heavy atom. The standard InChI is InChI=1S/C23H15FN2O4/c1-12-5-8-18(25-11-12)26-20(13-3-2-4-15(27)9-13)19-21(28)16-10-14(24)6-7-17(16)30-22(19)23(26)29/h2-11,20,27H,1H3. The van der Waals surface area contributed by atoms with E-state index in [2.05, 4.69) is 4.98 Å². The Morgan fingerprint density at radius 2 is 1.93 bits per heavy atom. The average Bonchev–Trinajstić information content (AvgIpc) is 3.02. The highest BCUT2D eigenvalue weighted by Gasteiger charge is 2.44. The maximum atomic E-state index is 13.8. The van der Waals surface area contributed by atoms with Gasteiger partial charge in [0.25, 0.3) is 5.91 Å². The molecule has 1 N–H and O–H groups in total. The molecule has 0 saturated heterocycles. The third-order valence-corrected chi connectivity index (χ3v) is 5.16. The lowest BCUT2D eigenvalue weighted by molar-refractivity contribution is 0.0970. The minimum Gasteiger partial charge on any atom is -0.508 e. The Balaban J connectivity index is 1.83. The molecule has 1 unspecified atom stereocenters. The zero-order chi connectivity index (χ0) is 21.0. The summed E-state index contributed by atoms with van der Waals surface area (Å²) in [5.41, 5.74) is 1.13. The molecule has 0 bridgehead atoms. The van der Waals surface area contributed by atoms with E-state index in [1.807, 2.05) is 6.92 Å². The Bertz CT molecular complexity index is 1380. The first-order chi connectivity index (χ1) is 14.4. The van der Waals surface area contributed by atoms with Crippen molar-refractivity contribution in [3.63, 3.8) is 0 Å². The van der Waals surface area contributed by atoms with Crippen LogP contribution in [0.1, 0.15) is 33.3 Å². The fraction of sp³-hybridized carbons (Fsp3) is 0.0870. The number of amides is 1. The van der Waals surface area contributed by atoms with Crippen LogP contribution in [0.5, 0.6) is 5.75 Å². The number of aryl methyl sites for hydroxylation is 1. The second-order valence-electron chi connectivity index (χ2n) is 7.18. The molecule has 2 aromatic heterocycles. The zero-order valence-corrected chi connectivity index (χ0v) is 15.8. The first kappa shape index (κ1) is 18.1. The molecule has 1 aliphatic heterocycles. The van der Waals surface area contributed by atoms with Gasteiger partial charge in [0.05, 0.1) is 17.0 Å². The van der Waals surface area contributed by atoms with E-state index in [9.17, 15) is 19.1 Å². The van der Waals surface area contributed by atoms with Gasteiger partial charge in [0.1, 0.15) is 23.0 Å². The van der Waals surface area contributed by atoms with E-state index in [0.29, 0.717) is 11.4 Å². The van der Waals surface area contributed by atoms with Crippen molar-refractivity contribution in [1.82, 2.24) is 4.98 Å². The lowest BCUT2D eigenvalue weighted by Crippen LogP contribution is -2.30. The van der Waals surface area contributed by atoms with Crippen molar-refractivity contribution in [2.75, 3.05) is 4.90 Å². The second-order valence-corrected chi connectivity index (χ2v) is 7.18. The van der Waals surface area contributed by atoms with Crippen molar-refractivity contribution in [2.24, 2.45) is 0 Å². The summed E-state index contributed by atoms with van der Waals surface area (Å²) >= 11 is 0. The number of phenols is 1. The number of rotatable bonds is 2. The molecule has 0 fully saturated rings. The molecular weight excluding hydrogens is 387 g/mol. The molecule has 0 saturated carbocycles. The maximum Gasteiger partial charge on any atom is 0.296 e. The van der Waals surface area contributed by atoms with Gasteiger partial charge in [0.15, 0.2) is 5.43 Å². The van der Waals surface area contributed by atoms with Crippen molar-refractivity contribution < 1.29 is 18.7 Å². The summed E-state index contributed by atoms with van der Waals surface area (Å²) in [7, 11) is 0. The van der Waals surface area contributed by atoms with Gasteiger partial charge in [-0.15, -0.1) is 0 Å². The predicted octanol–water partition coefficient (Wildman–Crippen LogP) is 4.09. The highest BCUT2D eigenvalue weighted by molar-refractivity contribution is 6.10. The number of aromatic nitrogens is 1. The van der Waals surface area contributed by atoms with Crippen LogP contribution in [0.15, 0.2) is 70.0 Å². The summed E-state index contributed by atoms with van der Waals surface area (Å²) in [4.78, 5) is 32.4. The van der Waals surface area contributed by atoms with Crippen LogP contribution < -0.4 is 10.3 Å². The van der Waals surface area contributed by atoms with Crippen molar-refractivity contribution in [2.45, 2.75) is 13.0 Å². The number of hydrogen-bond acceptors (Lipinski definition) is 5. The van der Waals surface area contributed by atoms with Gasteiger partial charge >= 0.3 is 0 Å². The minimum atomic E-state index is -0.876. The molecule has 3 heterocycles.